The van der Waals surface area contributed by atoms with Crippen molar-refractivity contribution < 1.29 is 4.92 Å². The van der Waals surface area contributed by atoms with Crippen molar-refractivity contribution in [2.75, 3.05) is 17.2 Å². The monoisotopic (exact) mass is 267 g/mol. The third-order valence-electron chi connectivity index (χ3n) is 2.63. The number of hydrogen-bond acceptors (Lipinski definition) is 6. The van der Waals surface area contributed by atoms with E-state index in [9.17, 15) is 10.1 Å². The average Bonchev–Trinajstić information content (AvgIpc) is 2.28. The Morgan fingerprint density at radius 3 is 2.63 bits per heavy atom. The molecular formula is C12H21N5O2. The van der Waals surface area contributed by atoms with Crippen molar-refractivity contribution in [1.82, 2.24) is 9.97 Å². The Labute approximate surface area is 113 Å². The zero-order valence-corrected chi connectivity index (χ0v) is 11.9. The normalized spacial score (nSPS) is 11.2. The topological polar surface area (TPSA) is 93.0 Å². The van der Waals surface area contributed by atoms with E-state index < -0.39 is 4.92 Å². The maximum atomic E-state index is 11.0. The summed E-state index contributed by atoms with van der Waals surface area (Å²) in [6.07, 6.45) is 3.11. The number of nitro groups is 1. The summed E-state index contributed by atoms with van der Waals surface area (Å²) in [6, 6.07) is 0. The minimum Gasteiger partial charge on any atom is -0.359 e. The van der Waals surface area contributed by atoms with Gasteiger partial charge < -0.3 is 10.6 Å². The SMILES string of the molecule is CCCC(C)(C)Nc1nc(NCC)ncc1[N+](=O)[O-]. The summed E-state index contributed by atoms with van der Waals surface area (Å²) < 4.78 is 0. The number of aromatic nitrogens is 2. The Balaban J connectivity index is 3.07. The molecule has 0 aromatic carbocycles. The second-order valence-electron chi connectivity index (χ2n) is 4.97. The van der Waals surface area contributed by atoms with E-state index >= 15 is 0 Å². The standard InChI is InChI=1S/C12H21N5O2/c1-5-7-12(3,4)16-10-9(17(18)19)8-14-11(15-10)13-6-2/h8H,5-7H2,1-4H3,(H2,13,14,15,16). The molecule has 0 aliphatic rings. The molecule has 0 unspecified atom stereocenters. The number of nitrogens with zero attached hydrogens (tertiary/aromatic N) is 3. The maximum Gasteiger partial charge on any atom is 0.329 e. The molecule has 0 bridgehead atoms. The number of anilines is 2. The van der Waals surface area contributed by atoms with Crippen molar-refractivity contribution in [1.29, 1.82) is 0 Å². The zero-order chi connectivity index (χ0) is 14.5. The summed E-state index contributed by atoms with van der Waals surface area (Å²) in [6.45, 7) is 8.64. The van der Waals surface area contributed by atoms with Crippen LogP contribution >= 0.6 is 0 Å². The predicted molar refractivity (Wildman–Crippen MR) is 75.5 cm³/mol. The molecule has 2 N–H and O–H groups in total. The molecule has 1 aromatic heterocycles. The van der Waals surface area contributed by atoms with Gasteiger partial charge >= 0.3 is 5.69 Å². The second-order valence-corrected chi connectivity index (χ2v) is 4.97. The van der Waals surface area contributed by atoms with E-state index in [1.165, 1.54) is 6.20 Å². The summed E-state index contributed by atoms with van der Waals surface area (Å²) in [4.78, 5) is 18.6. The van der Waals surface area contributed by atoms with E-state index in [0.717, 1.165) is 12.8 Å². The van der Waals surface area contributed by atoms with Crippen LogP contribution in [0.4, 0.5) is 17.5 Å². The van der Waals surface area contributed by atoms with Crippen molar-refractivity contribution in [3.8, 4) is 0 Å². The Bertz CT molecular complexity index is 448. The van der Waals surface area contributed by atoms with Crippen LogP contribution in [-0.2, 0) is 0 Å². The molecule has 1 rings (SSSR count). The first-order chi connectivity index (χ1) is 8.89. The second kappa shape index (κ2) is 6.31. The van der Waals surface area contributed by atoms with Gasteiger partial charge in [0.05, 0.1) is 4.92 Å². The highest BCUT2D eigenvalue weighted by Crippen LogP contribution is 2.26. The Hall–Kier alpha value is -1.92. The number of rotatable bonds is 7. The van der Waals surface area contributed by atoms with Crippen LogP contribution in [0.1, 0.15) is 40.5 Å². The van der Waals surface area contributed by atoms with Crippen molar-refractivity contribution >= 4 is 17.5 Å². The van der Waals surface area contributed by atoms with E-state index in [0.29, 0.717) is 12.5 Å². The molecule has 106 valence electrons. The number of nitrogens with one attached hydrogen (secondary N) is 2. The van der Waals surface area contributed by atoms with E-state index in [4.69, 9.17) is 0 Å². The van der Waals surface area contributed by atoms with Crippen LogP contribution in [0.25, 0.3) is 0 Å². The summed E-state index contributed by atoms with van der Waals surface area (Å²) in [5.74, 6) is 0.650. The highest BCUT2D eigenvalue weighted by atomic mass is 16.6. The molecule has 7 heteroatoms. The van der Waals surface area contributed by atoms with E-state index in [1.807, 2.05) is 20.8 Å². The number of hydrogen-bond donors (Lipinski definition) is 2. The van der Waals surface area contributed by atoms with Crippen LogP contribution in [0, 0.1) is 10.1 Å². The van der Waals surface area contributed by atoms with Gasteiger partial charge in [0.2, 0.25) is 11.8 Å². The van der Waals surface area contributed by atoms with Crippen molar-refractivity contribution in [3.63, 3.8) is 0 Å². The molecule has 0 radical (unpaired) electrons. The van der Waals surface area contributed by atoms with Crippen molar-refractivity contribution in [2.45, 2.75) is 46.1 Å². The van der Waals surface area contributed by atoms with Crippen LogP contribution in [0.2, 0.25) is 0 Å². The van der Waals surface area contributed by atoms with Crippen LogP contribution in [0.3, 0.4) is 0 Å². The van der Waals surface area contributed by atoms with E-state index in [1.54, 1.807) is 0 Å². The minimum atomic E-state index is -0.472. The molecule has 0 saturated carbocycles. The molecule has 0 aliphatic carbocycles. The lowest BCUT2D eigenvalue weighted by Crippen LogP contribution is -2.31. The van der Waals surface area contributed by atoms with Crippen molar-refractivity contribution in [3.05, 3.63) is 16.3 Å². The molecule has 1 heterocycles. The summed E-state index contributed by atoms with van der Waals surface area (Å²) >= 11 is 0. The molecule has 0 fully saturated rings. The lowest BCUT2D eigenvalue weighted by Gasteiger charge is -2.26. The van der Waals surface area contributed by atoms with Crippen LogP contribution in [0.5, 0.6) is 0 Å². The fourth-order valence-corrected chi connectivity index (χ4v) is 1.85. The van der Waals surface area contributed by atoms with Gasteiger partial charge in [-0.1, -0.05) is 13.3 Å². The van der Waals surface area contributed by atoms with Gasteiger partial charge in [-0.25, -0.2) is 4.98 Å². The lowest BCUT2D eigenvalue weighted by molar-refractivity contribution is -0.384. The molecule has 1 aromatic rings. The molecule has 0 saturated heterocycles. The van der Waals surface area contributed by atoms with Crippen LogP contribution in [-0.4, -0.2) is 27.0 Å². The highest BCUT2D eigenvalue weighted by molar-refractivity contribution is 5.58. The highest BCUT2D eigenvalue weighted by Gasteiger charge is 2.24. The minimum absolute atomic E-state index is 0.106. The van der Waals surface area contributed by atoms with Gasteiger partial charge in [-0.05, 0) is 27.2 Å². The molecule has 0 spiro atoms. The molecule has 0 amide bonds. The first-order valence-corrected chi connectivity index (χ1v) is 6.43. The third kappa shape index (κ3) is 4.35. The fraction of sp³-hybridized carbons (Fsp3) is 0.667. The van der Waals surface area contributed by atoms with Gasteiger partial charge in [0.25, 0.3) is 0 Å². The summed E-state index contributed by atoms with van der Waals surface area (Å²) in [5, 5.41) is 17.1. The Morgan fingerprint density at radius 2 is 2.11 bits per heavy atom. The van der Waals surface area contributed by atoms with Gasteiger partial charge in [-0.15, -0.1) is 0 Å². The fourth-order valence-electron chi connectivity index (χ4n) is 1.85. The lowest BCUT2D eigenvalue weighted by atomic mass is 9.99. The van der Waals surface area contributed by atoms with E-state index in [2.05, 4.69) is 27.5 Å². The molecular weight excluding hydrogens is 246 g/mol. The first-order valence-electron chi connectivity index (χ1n) is 6.43. The molecule has 19 heavy (non-hydrogen) atoms. The summed E-state index contributed by atoms with van der Waals surface area (Å²) in [5.41, 5.74) is -0.358. The molecule has 7 nitrogen and oxygen atoms in total. The largest absolute Gasteiger partial charge is 0.359 e. The molecule has 0 aliphatic heterocycles. The third-order valence-corrected chi connectivity index (χ3v) is 2.63. The van der Waals surface area contributed by atoms with Gasteiger partial charge in [-0.3, -0.25) is 10.1 Å². The van der Waals surface area contributed by atoms with Gasteiger partial charge in [0.15, 0.2) is 0 Å². The van der Waals surface area contributed by atoms with Gasteiger partial charge in [0.1, 0.15) is 6.20 Å². The van der Waals surface area contributed by atoms with E-state index in [-0.39, 0.29) is 17.0 Å². The quantitative estimate of drug-likeness (QED) is 0.583. The molecule has 0 atom stereocenters. The van der Waals surface area contributed by atoms with Crippen LogP contribution in [0.15, 0.2) is 6.20 Å². The maximum absolute atomic E-state index is 11.0. The zero-order valence-electron chi connectivity index (χ0n) is 11.9. The first kappa shape index (κ1) is 15.1. The van der Waals surface area contributed by atoms with Gasteiger partial charge in [0, 0.05) is 12.1 Å². The predicted octanol–water partition coefficient (Wildman–Crippen LogP) is 2.81. The van der Waals surface area contributed by atoms with Crippen molar-refractivity contribution in [2.24, 2.45) is 0 Å². The smallest absolute Gasteiger partial charge is 0.329 e. The summed E-state index contributed by atoms with van der Waals surface area (Å²) in [7, 11) is 0. The van der Waals surface area contributed by atoms with Crippen LogP contribution < -0.4 is 10.6 Å². The average molecular weight is 267 g/mol. The van der Waals surface area contributed by atoms with Gasteiger partial charge in [-0.2, -0.15) is 4.98 Å². The Morgan fingerprint density at radius 1 is 1.42 bits per heavy atom. The Kier molecular flexibility index (Phi) is 5.02.